The Hall–Kier alpha value is -2.65. The maximum Gasteiger partial charge on any atom is 0.334 e. The summed E-state index contributed by atoms with van der Waals surface area (Å²) in [6, 6.07) is 13.1. The second-order valence-corrected chi connectivity index (χ2v) is 7.77. The molecule has 7 nitrogen and oxygen atoms in total. The van der Waals surface area contributed by atoms with Gasteiger partial charge in [0.1, 0.15) is 10.0 Å². The van der Waals surface area contributed by atoms with Gasteiger partial charge in [0.05, 0.1) is 11.4 Å². The van der Waals surface area contributed by atoms with Crippen LogP contribution < -0.4 is 10.0 Å². The van der Waals surface area contributed by atoms with Crippen LogP contribution in [0.4, 0.5) is 10.6 Å². The summed E-state index contributed by atoms with van der Waals surface area (Å²) in [5.74, 6) is 0.373. The number of amides is 2. The summed E-state index contributed by atoms with van der Waals surface area (Å²) in [5, 5.41) is 8.46. The minimum Gasteiger partial charge on any atom is -0.291 e. The number of benzene rings is 1. The van der Waals surface area contributed by atoms with Crippen molar-refractivity contribution in [1.29, 1.82) is 0 Å². The summed E-state index contributed by atoms with van der Waals surface area (Å²) in [7, 11) is -3.88. The first kappa shape index (κ1) is 16.2. The standard InChI is InChI=1S/C15H14N4O3S2/c1-11-10-13(19(17-11)12-6-3-2-4-7-12)16-15(20)18-24(21,22)14-8-5-9-23-14/h2-10H,1H3,(H2,16,18,20). The van der Waals surface area contributed by atoms with Crippen molar-refractivity contribution in [2.45, 2.75) is 11.1 Å². The van der Waals surface area contributed by atoms with Gasteiger partial charge in [-0.05, 0) is 30.5 Å². The Morgan fingerprint density at radius 1 is 1.17 bits per heavy atom. The molecule has 0 saturated carbocycles. The van der Waals surface area contributed by atoms with Gasteiger partial charge in [-0.25, -0.2) is 22.6 Å². The summed E-state index contributed by atoms with van der Waals surface area (Å²) >= 11 is 1.03. The number of rotatable bonds is 4. The third-order valence-electron chi connectivity index (χ3n) is 3.06. The van der Waals surface area contributed by atoms with E-state index in [0.717, 1.165) is 17.0 Å². The van der Waals surface area contributed by atoms with Gasteiger partial charge in [-0.1, -0.05) is 24.3 Å². The predicted molar refractivity (Wildman–Crippen MR) is 92.0 cm³/mol. The molecule has 0 saturated heterocycles. The number of carbonyl (C=O) groups is 1. The summed E-state index contributed by atoms with van der Waals surface area (Å²) in [6.45, 7) is 1.78. The molecule has 0 atom stereocenters. The highest BCUT2D eigenvalue weighted by Crippen LogP contribution is 2.18. The highest BCUT2D eigenvalue weighted by molar-refractivity contribution is 7.92. The largest absolute Gasteiger partial charge is 0.334 e. The van der Waals surface area contributed by atoms with E-state index in [1.54, 1.807) is 24.4 Å². The Bertz CT molecular complexity index is 948. The van der Waals surface area contributed by atoms with Crippen LogP contribution in [0.1, 0.15) is 5.69 Å². The predicted octanol–water partition coefficient (Wildman–Crippen LogP) is 2.75. The molecule has 2 aromatic heterocycles. The zero-order valence-electron chi connectivity index (χ0n) is 12.6. The molecule has 0 spiro atoms. The number of para-hydroxylation sites is 1. The van der Waals surface area contributed by atoms with Crippen molar-refractivity contribution in [3.8, 4) is 5.69 Å². The highest BCUT2D eigenvalue weighted by atomic mass is 32.2. The number of nitrogens with one attached hydrogen (secondary N) is 2. The van der Waals surface area contributed by atoms with Crippen molar-refractivity contribution in [3.05, 3.63) is 59.6 Å². The molecule has 0 bridgehead atoms. The lowest BCUT2D eigenvalue weighted by Gasteiger charge is -2.09. The fraction of sp³-hybridized carbons (Fsp3) is 0.0667. The van der Waals surface area contributed by atoms with Crippen LogP contribution in [-0.2, 0) is 10.0 Å². The normalized spacial score (nSPS) is 11.2. The zero-order valence-corrected chi connectivity index (χ0v) is 14.3. The minimum absolute atomic E-state index is 0.0744. The molecule has 2 heterocycles. The fourth-order valence-corrected chi connectivity index (χ4v) is 3.99. The van der Waals surface area contributed by atoms with E-state index < -0.39 is 16.1 Å². The third kappa shape index (κ3) is 3.47. The van der Waals surface area contributed by atoms with Gasteiger partial charge >= 0.3 is 6.03 Å². The molecule has 0 radical (unpaired) electrons. The van der Waals surface area contributed by atoms with E-state index in [0.29, 0.717) is 11.5 Å². The van der Waals surface area contributed by atoms with Gasteiger partial charge in [0.2, 0.25) is 0 Å². The molecule has 0 aliphatic heterocycles. The first-order chi connectivity index (χ1) is 11.5. The summed E-state index contributed by atoms with van der Waals surface area (Å²) in [6.07, 6.45) is 0. The minimum atomic E-state index is -3.88. The quantitative estimate of drug-likeness (QED) is 0.746. The van der Waals surface area contributed by atoms with Crippen molar-refractivity contribution in [3.63, 3.8) is 0 Å². The van der Waals surface area contributed by atoms with Crippen LogP contribution >= 0.6 is 11.3 Å². The van der Waals surface area contributed by atoms with E-state index in [4.69, 9.17) is 0 Å². The SMILES string of the molecule is Cc1cc(NC(=O)NS(=O)(=O)c2cccs2)n(-c2ccccc2)n1. The number of anilines is 1. The molecule has 3 rings (SSSR count). The van der Waals surface area contributed by atoms with Gasteiger partial charge in [-0.15, -0.1) is 11.3 Å². The molecule has 2 N–H and O–H groups in total. The van der Waals surface area contributed by atoms with E-state index in [-0.39, 0.29) is 4.21 Å². The molecule has 1 aromatic carbocycles. The van der Waals surface area contributed by atoms with Gasteiger partial charge < -0.3 is 0 Å². The zero-order chi connectivity index (χ0) is 17.2. The number of hydrogen-bond acceptors (Lipinski definition) is 5. The molecule has 0 unspecified atom stereocenters. The maximum absolute atomic E-state index is 12.1. The molecule has 0 aliphatic rings. The van der Waals surface area contributed by atoms with Gasteiger partial charge in [-0.3, -0.25) is 5.32 Å². The van der Waals surface area contributed by atoms with Crippen LogP contribution in [-0.4, -0.2) is 24.2 Å². The molecule has 2 amide bonds. The summed E-state index contributed by atoms with van der Waals surface area (Å²) in [5.41, 5.74) is 1.44. The number of sulfonamides is 1. The van der Waals surface area contributed by atoms with Gasteiger partial charge in [0.15, 0.2) is 0 Å². The molecule has 0 fully saturated rings. The van der Waals surface area contributed by atoms with Gasteiger partial charge in [0, 0.05) is 6.07 Å². The van der Waals surface area contributed by atoms with Crippen LogP contribution in [0.5, 0.6) is 0 Å². The number of carbonyl (C=O) groups excluding carboxylic acids is 1. The van der Waals surface area contributed by atoms with Gasteiger partial charge in [0.25, 0.3) is 10.0 Å². The van der Waals surface area contributed by atoms with E-state index in [1.165, 1.54) is 10.7 Å². The fourth-order valence-electron chi connectivity index (χ4n) is 2.09. The monoisotopic (exact) mass is 362 g/mol. The van der Waals surface area contributed by atoms with E-state index in [2.05, 4.69) is 10.4 Å². The Balaban J connectivity index is 1.81. The van der Waals surface area contributed by atoms with Crippen molar-refractivity contribution in [1.82, 2.24) is 14.5 Å². The Labute approximate surface area is 143 Å². The van der Waals surface area contributed by atoms with Crippen LogP contribution in [0.25, 0.3) is 5.69 Å². The van der Waals surface area contributed by atoms with Crippen molar-refractivity contribution < 1.29 is 13.2 Å². The van der Waals surface area contributed by atoms with Crippen LogP contribution in [0.3, 0.4) is 0 Å². The third-order valence-corrected chi connectivity index (χ3v) is 5.79. The number of thiophene rings is 1. The van der Waals surface area contributed by atoms with E-state index in [9.17, 15) is 13.2 Å². The lowest BCUT2D eigenvalue weighted by molar-refractivity contribution is 0.256. The Morgan fingerprint density at radius 2 is 1.92 bits per heavy atom. The van der Waals surface area contributed by atoms with Crippen molar-refractivity contribution in [2.75, 3.05) is 5.32 Å². The average Bonchev–Trinajstić information content (AvgIpc) is 3.18. The number of hydrogen-bond donors (Lipinski definition) is 2. The van der Waals surface area contributed by atoms with E-state index in [1.807, 2.05) is 35.1 Å². The molecule has 3 aromatic rings. The Kier molecular flexibility index (Phi) is 4.36. The number of nitrogens with zero attached hydrogens (tertiary/aromatic N) is 2. The topological polar surface area (TPSA) is 93.1 Å². The molecule has 9 heteroatoms. The molecule has 124 valence electrons. The average molecular weight is 362 g/mol. The number of aryl methyl sites for hydroxylation is 1. The highest BCUT2D eigenvalue weighted by Gasteiger charge is 2.19. The molecular weight excluding hydrogens is 348 g/mol. The van der Waals surface area contributed by atoms with Crippen LogP contribution in [0.15, 0.2) is 58.1 Å². The molecular formula is C15H14N4O3S2. The first-order valence-corrected chi connectivity index (χ1v) is 9.31. The van der Waals surface area contributed by atoms with Crippen molar-refractivity contribution in [2.24, 2.45) is 0 Å². The summed E-state index contributed by atoms with van der Waals surface area (Å²) in [4.78, 5) is 12.1. The number of urea groups is 1. The lowest BCUT2D eigenvalue weighted by Crippen LogP contribution is -2.34. The van der Waals surface area contributed by atoms with E-state index >= 15 is 0 Å². The smallest absolute Gasteiger partial charge is 0.291 e. The maximum atomic E-state index is 12.1. The first-order valence-electron chi connectivity index (χ1n) is 6.95. The lowest BCUT2D eigenvalue weighted by atomic mass is 10.3. The van der Waals surface area contributed by atoms with Gasteiger partial charge in [-0.2, -0.15) is 5.10 Å². The van der Waals surface area contributed by atoms with Crippen LogP contribution in [0.2, 0.25) is 0 Å². The number of aromatic nitrogens is 2. The molecule has 0 aliphatic carbocycles. The van der Waals surface area contributed by atoms with Crippen molar-refractivity contribution >= 4 is 33.2 Å². The second-order valence-electron chi connectivity index (χ2n) is 4.91. The second kappa shape index (κ2) is 6.46. The summed E-state index contributed by atoms with van der Waals surface area (Å²) < 4.78 is 27.7. The molecule has 24 heavy (non-hydrogen) atoms. The Morgan fingerprint density at radius 3 is 2.58 bits per heavy atom. The van der Waals surface area contributed by atoms with Crippen LogP contribution in [0, 0.1) is 6.92 Å².